The van der Waals surface area contributed by atoms with Gasteiger partial charge in [0.2, 0.25) is 0 Å². The molecular formula is C17H29NO2. The molecule has 1 N–H and O–H groups in total. The molecule has 0 aliphatic carbocycles. The highest BCUT2D eigenvalue weighted by molar-refractivity contribution is 5.30. The van der Waals surface area contributed by atoms with Crippen LogP contribution in [0.4, 0.5) is 0 Å². The molecule has 0 aliphatic heterocycles. The van der Waals surface area contributed by atoms with Crippen LogP contribution in [0.2, 0.25) is 0 Å². The molecule has 3 nitrogen and oxygen atoms in total. The lowest BCUT2D eigenvalue weighted by atomic mass is 9.94. The summed E-state index contributed by atoms with van der Waals surface area (Å²) in [6.07, 6.45) is 2.06. The molecule has 0 saturated carbocycles. The Labute approximate surface area is 123 Å². The molecule has 0 radical (unpaired) electrons. The maximum atomic E-state index is 5.59. The van der Waals surface area contributed by atoms with Crippen molar-refractivity contribution in [3.63, 3.8) is 0 Å². The molecule has 1 unspecified atom stereocenters. The fraction of sp³-hybridized carbons (Fsp3) is 0.647. The van der Waals surface area contributed by atoms with Gasteiger partial charge in [0.15, 0.2) is 0 Å². The van der Waals surface area contributed by atoms with Gasteiger partial charge >= 0.3 is 0 Å². The molecule has 1 aromatic rings. The molecule has 3 heteroatoms. The van der Waals surface area contributed by atoms with E-state index in [0.29, 0.717) is 12.6 Å². The lowest BCUT2D eigenvalue weighted by molar-refractivity contribution is 0.0117. The van der Waals surface area contributed by atoms with Gasteiger partial charge in [-0.2, -0.15) is 0 Å². The van der Waals surface area contributed by atoms with Crippen LogP contribution in [-0.2, 0) is 4.74 Å². The molecule has 1 rings (SSSR count). The minimum absolute atomic E-state index is 0.0782. The minimum atomic E-state index is -0.0782. The molecular weight excluding hydrogens is 250 g/mol. The smallest absolute Gasteiger partial charge is 0.119 e. The van der Waals surface area contributed by atoms with Gasteiger partial charge in [-0.05, 0) is 57.9 Å². The summed E-state index contributed by atoms with van der Waals surface area (Å²) in [6, 6.07) is 8.71. The molecule has 0 heterocycles. The fourth-order valence-corrected chi connectivity index (χ4v) is 2.21. The number of ether oxygens (including phenoxy) is 2. The van der Waals surface area contributed by atoms with E-state index in [4.69, 9.17) is 9.47 Å². The number of methoxy groups -OCH3 is 1. The molecule has 0 saturated heterocycles. The molecule has 0 amide bonds. The van der Waals surface area contributed by atoms with Crippen LogP contribution in [0.25, 0.3) is 0 Å². The Hall–Kier alpha value is -1.06. The van der Waals surface area contributed by atoms with E-state index in [1.54, 1.807) is 7.11 Å². The van der Waals surface area contributed by atoms with E-state index in [9.17, 15) is 0 Å². The SMILES string of the molecule is CCNC(CCC(C)(C)OC)c1cccc(OCC)c1. The fourth-order valence-electron chi connectivity index (χ4n) is 2.21. The van der Waals surface area contributed by atoms with E-state index in [1.165, 1.54) is 5.56 Å². The van der Waals surface area contributed by atoms with Crippen LogP contribution in [0.5, 0.6) is 5.75 Å². The second kappa shape index (κ2) is 8.28. The topological polar surface area (TPSA) is 30.5 Å². The zero-order chi connectivity index (χ0) is 15.0. The van der Waals surface area contributed by atoms with Crippen LogP contribution in [0.3, 0.4) is 0 Å². The quantitative estimate of drug-likeness (QED) is 0.742. The van der Waals surface area contributed by atoms with Gasteiger partial charge in [0.1, 0.15) is 5.75 Å². The molecule has 0 fully saturated rings. The van der Waals surface area contributed by atoms with E-state index in [0.717, 1.165) is 25.1 Å². The van der Waals surface area contributed by atoms with Crippen LogP contribution >= 0.6 is 0 Å². The van der Waals surface area contributed by atoms with Crippen molar-refractivity contribution in [2.24, 2.45) is 0 Å². The highest BCUT2D eigenvalue weighted by Crippen LogP contribution is 2.26. The van der Waals surface area contributed by atoms with Gasteiger partial charge in [-0.25, -0.2) is 0 Å². The summed E-state index contributed by atoms with van der Waals surface area (Å²) in [5.41, 5.74) is 1.20. The van der Waals surface area contributed by atoms with Crippen LogP contribution < -0.4 is 10.1 Å². The summed E-state index contributed by atoms with van der Waals surface area (Å²) in [7, 11) is 1.78. The first-order valence-corrected chi connectivity index (χ1v) is 7.53. The van der Waals surface area contributed by atoms with Crippen molar-refractivity contribution in [2.45, 2.75) is 52.2 Å². The van der Waals surface area contributed by atoms with Crippen molar-refractivity contribution in [3.8, 4) is 5.75 Å². The molecule has 0 aromatic heterocycles. The van der Waals surface area contributed by atoms with Crippen molar-refractivity contribution < 1.29 is 9.47 Å². The number of benzene rings is 1. The predicted octanol–water partition coefficient (Wildman–Crippen LogP) is 3.94. The van der Waals surface area contributed by atoms with Gasteiger partial charge in [0.25, 0.3) is 0 Å². The maximum Gasteiger partial charge on any atom is 0.119 e. The summed E-state index contributed by atoms with van der Waals surface area (Å²) < 4.78 is 11.1. The highest BCUT2D eigenvalue weighted by atomic mass is 16.5. The molecule has 1 atom stereocenters. The Morgan fingerprint density at radius 2 is 2.00 bits per heavy atom. The summed E-state index contributed by atoms with van der Waals surface area (Å²) in [5.74, 6) is 0.943. The van der Waals surface area contributed by atoms with E-state index in [-0.39, 0.29) is 5.60 Å². The standard InChI is InChI=1S/C17H29NO2/c1-6-18-16(11-12-17(3,4)19-5)14-9-8-10-15(13-14)20-7-2/h8-10,13,16,18H,6-7,11-12H2,1-5H3. The van der Waals surface area contributed by atoms with Crippen LogP contribution in [0.15, 0.2) is 24.3 Å². The van der Waals surface area contributed by atoms with Crippen molar-refractivity contribution in [3.05, 3.63) is 29.8 Å². The van der Waals surface area contributed by atoms with E-state index in [2.05, 4.69) is 44.3 Å². The molecule has 0 bridgehead atoms. The van der Waals surface area contributed by atoms with Gasteiger partial charge in [-0.1, -0.05) is 19.1 Å². The molecule has 0 aliphatic rings. The summed E-state index contributed by atoms with van der Waals surface area (Å²) in [4.78, 5) is 0. The van der Waals surface area contributed by atoms with Crippen LogP contribution in [0, 0.1) is 0 Å². The maximum absolute atomic E-state index is 5.59. The average molecular weight is 279 g/mol. The van der Waals surface area contributed by atoms with Crippen molar-refractivity contribution in [1.29, 1.82) is 0 Å². The Kier molecular flexibility index (Phi) is 7.03. The Morgan fingerprint density at radius 1 is 1.25 bits per heavy atom. The first kappa shape index (κ1) is 17.0. The third kappa shape index (κ3) is 5.51. The lowest BCUT2D eigenvalue weighted by Gasteiger charge is -2.26. The number of nitrogens with one attached hydrogen (secondary N) is 1. The first-order chi connectivity index (χ1) is 9.52. The zero-order valence-electron chi connectivity index (χ0n) is 13.5. The van der Waals surface area contributed by atoms with Gasteiger partial charge in [-0.15, -0.1) is 0 Å². The lowest BCUT2D eigenvalue weighted by Crippen LogP contribution is -2.27. The molecule has 0 spiro atoms. The van der Waals surface area contributed by atoms with Gasteiger partial charge < -0.3 is 14.8 Å². The van der Waals surface area contributed by atoms with E-state index >= 15 is 0 Å². The summed E-state index contributed by atoms with van der Waals surface area (Å²) >= 11 is 0. The van der Waals surface area contributed by atoms with E-state index in [1.807, 2.05) is 13.0 Å². The van der Waals surface area contributed by atoms with Crippen molar-refractivity contribution in [1.82, 2.24) is 5.32 Å². The summed E-state index contributed by atoms with van der Waals surface area (Å²) in [6.45, 7) is 10.1. The third-order valence-corrected chi connectivity index (χ3v) is 3.61. The summed E-state index contributed by atoms with van der Waals surface area (Å²) in [5, 5.41) is 3.55. The van der Waals surface area contributed by atoms with Crippen LogP contribution in [-0.4, -0.2) is 25.9 Å². The zero-order valence-corrected chi connectivity index (χ0v) is 13.5. The van der Waals surface area contributed by atoms with Gasteiger partial charge in [0, 0.05) is 13.2 Å². The Morgan fingerprint density at radius 3 is 2.60 bits per heavy atom. The van der Waals surface area contributed by atoms with Crippen molar-refractivity contribution >= 4 is 0 Å². The average Bonchev–Trinajstić information content (AvgIpc) is 2.44. The molecule has 20 heavy (non-hydrogen) atoms. The number of rotatable bonds is 9. The minimum Gasteiger partial charge on any atom is -0.494 e. The Bertz CT molecular complexity index is 390. The first-order valence-electron chi connectivity index (χ1n) is 7.53. The van der Waals surface area contributed by atoms with Gasteiger partial charge in [0.05, 0.1) is 12.2 Å². The predicted molar refractivity (Wildman–Crippen MR) is 84.4 cm³/mol. The van der Waals surface area contributed by atoms with Crippen molar-refractivity contribution in [2.75, 3.05) is 20.3 Å². The van der Waals surface area contributed by atoms with Crippen LogP contribution in [0.1, 0.15) is 52.1 Å². The second-order valence-electron chi connectivity index (χ2n) is 5.62. The second-order valence-corrected chi connectivity index (χ2v) is 5.62. The highest BCUT2D eigenvalue weighted by Gasteiger charge is 2.20. The van der Waals surface area contributed by atoms with Gasteiger partial charge in [-0.3, -0.25) is 0 Å². The third-order valence-electron chi connectivity index (χ3n) is 3.61. The molecule has 114 valence electrons. The Balaban J connectivity index is 2.76. The number of hydrogen-bond acceptors (Lipinski definition) is 3. The normalized spacial score (nSPS) is 13.2. The van der Waals surface area contributed by atoms with E-state index < -0.39 is 0 Å². The molecule has 1 aromatic carbocycles. The largest absolute Gasteiger partial charge is 0.494 e. The number of hydrogen-bond donors (Lipinski definition) is 1. The monoisotopic (exact) mass is 279 g/mol.